The van der Waals surface area contributed by atoms with Crippen molar-refractivity contribution in [2.75, 3.05) is 5.32 Å². The predicted octanol–water partition coefficient (Wildman–Crippen LogP) is 3.17. The number of halogens is 1. The van der Waals surface area contributed by atoms with Crippen LogP contribution in [-0.4, -0.2) is 9.97 Å². The lowest BCUT2D eigenvalue weighted by molar-refractivity contribution is -0.605. The normalized spacial score (nSPS) is 10.3. The number of anilines is 2. The molecule has 1 N–H and O–H groups in total. The maximum Gasteiger partial charge on any atom is 0.227 e. The van der Waals surface area contributed by atoms with Gasteiger partial charge in [-0.3, -0.25) is 0 Å². The molecule has 0 unspecified atom stereocenters. The molecule has 104 valence electrons. The van der Waals surface area contributed by atoms with E-state index in [9.17, 15) is 5.21 Å². The molecule has 0 saturated heterocycles. The molecule has 3 aromatic rings. The Bertz CT molecular complexity index is 762. The Kier molecular flexibility index (Phi) is 3.66. The van der Waals surface area contributed by atoms with Crippen LogP contribution in [0, 0.1) is 5.21 Å². The van der Waals surface area contributed by atoms with Gasteiger partial charge in [-0.05, 0) is 24.3 Å². The summed E-state index contributed by atoms with van der Waals surface area (Å²) < 4.78 is 0.732. The highest BCUT2D eigenvalue weighted by molar-refractivity contribution is 6.30. The summed E-state index contributed by atoms with van der Waals surface area (Å²) in [5, 5.41) is 14.8. The summed E-state index contributed by atoms with van der Waals surface area (Å²) in [7, 11) is 0. The van der Waals surface area contributed by atoms with Gasteiger partial charge in [0, 0.05) is 34.6 Å². The van der Waals surface area contributed by atoms with Crippen LogP contribution in [0.4, 0.5) is 11.6 Å². The summed E-state index contributed by atoms with van der Waals surface area (Å²) >= 11 is 5.94. The Hall–Kier alpha value is -2.66. The van der Waals surface area contributed by atoms with E-state index in [-0.39, 0.29) is 0 Å². The number of aromatic nitrogens is 3. The number of benzene rings is 1. The van der Waals surface area contributed by atoms with E-state index in [0.29, 0.717) is 11.0 Å². The summed E-state index contributed by atoms with van der Waals surface area (Å²) in [5.41, 5.74) is 2.39. The van der Waals surface area contributed by atoms with E-state index in [1.165, 1.54) is 12.4 Å². The van der Waals surface area contributed by atoms with Crippen molar-refractivity contribution < 1.29 is 4.73 Å². The smallest absolute Gasteiger partial charge is 0.227 e. The van der Waals surface area contributed by atoms with E-state index in [1.807, 2.05) is 12.1 Å². The fourth-order valence-electron chi connectivity index (χ4n) is 1.86. The van der Waals surface area contributed by atoms with Gasteiger partial charge in [-0.1, -0.05) is 17.7 Å². The van der Waals surface area contributed by atoms with Crippen molar-refractivity contribution in [2.45, 2.75) is 0 Å². The van der Waals surface area contributed by atoms with Gasteiger partial charge in [0.15, 0.2) is 12.4 Å². The molecule has 5 nitrogen and oxygen atoms in total. The van der Waals surface area contributed by atoms with Gasteiger partial charge in [-0.25, -0.2) is 9.97 Å². The molecule has 0 amide bonds. The van der Waals surface area contributed by atoms with Crippen molar-refractivity contribution in [3.63, 3.8) is 0 Å². The van der Waals surface area contributed by atoms with Crippen LogP contribution >= 0.6 is 11.6 Å². The van der Waals surface area contributed by atoms with Gasteiger partial charge >= 0.3 is 0 Å². The van der Waals surface area contributed by atoms with E-state index in [2.05, 4.69) is 15.3 Å². The van der Waals surface area contributed by atoms with Crippen molar-refractivity contribution in [1.29, 1.82) is 0 Å². The molecular formula is C15H11ClN4O. The Balaban J connectivity index is 1.88. The van der Waals surface area contributed by atoms with Crippen LogP contribution in [0.5, 0.6) is 0 Å². The number of nitrogens with zero attached hydrogens (tertiary/aromatic N) is 3. The summed E-state index contributed by atoms with van der Waals surface area (Å²) in [4.78, 5) is 8.60. The van der Waals surface area contributed by atoms with Gasteiger partial charge in [0.05, 0.1) is 5.69 Å². The Labute approximate surface area is 126 Å². The summed E-state index contributed by atoms with van der Waals surface area (Å²) in [6, 6.07) is 12.5. The fraction of sp³-hybridized carbons (Fsp3) is 0. The van der Waals surface area contributed by atoms with E-state index in [1.54, 1.807) is 36.5 Å². The second-order valence-corrected chi connectivity index (χ2v) is 4.78. The minimum atomic E-state index is 0.466. The zero-order valence-electron chi connectivity index (χ0n) is 10.9. The van der Waals surface area contributed by atoms with Crippen molar-refractivity contribution in [3.05, 3.63) is 71.3 Å². The molecule has 0 aliphatic rings. The van der Waals surface area contributed by atoms with E-state index >= 15 is 0 Å². The van der Waals surface area contributed by atoms with Crippen LogP contribution in [-0.2, 0) is 0 Å². The highest BCUT2D eigenvalue weighted by Gasteiger charge is 2.04. The quantitative estimate of drug-likeness (QED) is 0.596. The third kappa shape index (κ3) is 3.27. The van der Waals surface area contributed by atoms with Gasteiger partial charge in [0.2, 0.25) is 5.95 Å². The second-order valence-electron chi connectivity index (χ2n) is 4.35. The molecule has 0 atom stereocenters. The number of hydrogen-bond acceptors (Lipinski definition) is 4. The fourth-order valence-corrected chi connectivity index (χ4v) is 2.05. The van der Waals surface area contributed by atoms with Gasteiger partial charge < -0.3 is 10.5 Å². The van der Waals surface area contributed by atoms with Crippen LogP contribution in [0.25, 0.3) is 11.3 Å². The number of nitrogens with one attached hydrogen (secondary N) is 1. The maximum absolute atomic E-state index is 11.1. The summed E-state index contributed by atoms with van der Waals surface area (Å²) in [6.45, 7) is 0. The Morgan fingerprint density at radius 1 is 1.10 bits per heavy atom. The first kappa shape index (κ1) is 13.3. The van der Waals surface area contributed by atoms with Gasteiger partial charge in [-0.2, -0.15) is 4.73 Å². The second kappa shape index (κ2) is 5.76. The van der Waals surface area contributed by atoms with Crippen LogP contribution in [0.2, 0.25) is 5.02 Å². The van der Waals surface area contributed by atoms with Gasteiger partial charge in [0.1, 0.15) is 0 Å². The summed E-state index contributed by atoms with van der Waals surface area (Å²) in [5.74, 6) is 0.466. The molecular weight excluding hydrogens is 288 g/mol. The largest absolute Gasteiger partial charge is 0.619 e. The van der Waals surface area contributed by atoms with Crippen molar-refractivity contribution in [1.82, 2.24) is 9.97 Å². The predicted molar refractivity (Wildman–Crippen MR) is 81.2 cm³/mol. The third-order valence-electron chi connectivity index (χ3n) is 2.83. The van der Waals surface area contributed by atoms with Gasteiger partial charge in [0.25, 0.3) is 0 Å². The lowest BCUT2D eigenvalue weighted by atomic mass is 10.2. The standard InChI is InChI=1S/C15H11ClN4O/c16-12-2-1-3-13(10-12)18-15-17-7-4-14(19-15)11-5-8-20(21)9-6-11/h1-10H,(H,17,18,19). The van der Waals surface area contributed by atoms with Crippen LogP contribution < -0.4 is 10.0 Å². The topological polar surface area (TPSA) is 64.8 Å². The van der Waals surface area contributed by atoms with Crippen molar-refractivity contribution in [3.8, 4) is 11.3 Å². The lowest BCUT2D eigenvalue weighted by Gasteiger charge is -2.06. The Morgan fingerprint density at radius 3 is 2.67 bits per heavy atom. The summed E-state index contributed by atoms with van der Waals surface area (Å²) in [6.07, 6.45) is 4.52. The molecule has 3 rings (SSSR count). The van der Waals surface area contributed by atoms with Crippen molar-refractivity contribution >= 4 is 23.2 Å². The molecule has 6 heteroatoms. The molecule has 0 saturated carbocycles. The molecule has 1 aromatic carbocycles. The first-order valence-corrected chi connectivity index (χ1v) is 6.63. The minimum Gasteiger partial charge on any atom is -0.619 e. The zero-order valence-corrected chi connectivity index (χ0v) is 11.7. The molecule has 21 heavy (non-hydrogen) atoms. The third-order valence-corrected chi connectivity index (χ3v) is 3.07. The Morgan fingerprint density at radius 2 is 1.90 bits per heavy atom. The monoisotopic (exact) mass is 298 g/mol. The maximum atomic E-state index is 11.1. The van der Waals surface area contributed by atoms with E-state index in [4.69, 9.17) is 11.6 Å². The van der Waals surface area contributed by atoms with E-state index < -0.39 is 0 Å². The molecule has 0 aliphatic carbocycles. The molecule has 2 aromatic heterocycles. The molecule has 0 fully saturated rings. The highest BCUT2D eigenvalue weighted by Crippen LogP contribution is 2.20. The average Bonchev–Trinajstić information content (AvgIpc) is 2.48. The molecule has 0 spiro atoms. The lowest BCUT2D eigenvalue weighted by Crippen LogP contribution is -2.23. The number of rotatable bonds is 3. The van der Waals surface area contributed by atoms with Crippen LogP contribution in [0.3, 0.4) is 0 Å². The average molecular weight is 299 g/mol. The molecule has 0 aliphatic heterocycles. The van der Waals surface area contributed by atoms with Crippen LogP contribution in [0.15, 0.2) is 61.1 Å². The van der Waals surface area contributed by atoms with Crippen LogP contribution in [0.1, 0.15) is 0 Å². The number of pyridine rings is 1. The van der Waals surface area contributed by atoms with Gasteiger partial charge in [-0.15, -0.1) is 0 Å². The SMILES string of the molecule is [O-][n+]1ccc(-c2ccnc(Nc3cccc(Cl)c3)n2)cc1. The van der Waals surface area contributed by atoms with E-state index in [0.717, 1.165) is 21.7 Å². The van der Waals surface area contributed by atoms with Crippen molar-refractivity contribution in [2.24, 2.45) is 0 Å². The number of hydrogen-bond donors (Lipinski definition) is 1. The first-order chi connectivity index (χ1) is 10.2. The molecule has 0 radical (unpaired) electrons. The molecule has 0 bridgehead atoms. The molecule has 2 heterocycles. The highest BCUT2D eigenvalue weighted by atomic mass is 35.5. The first-order valence-electron chi connectivity index (χ1n) is 6.25. The minimum absolute atomic E-state index is 0.466. The zero-order chi connectivity index (χ0) is 14.7.